The van der Waals surface area contributed by atoms with E-state index in [1.54, 1.807) is 0 Å². The molecular weight excluding hydrogens is 210 g/mol. The van der Waals surface area contributed by atoms with Gasteiger partial charge < -0.3 is 10.0 Å². The average Bonchev–Trinajstić information content (AvgIpc) is 2.28. The molecule has 0 aromatic heterocycles. The molecule has 0 saturated carbocycles. The minimum atomic E-state index is 0.192. The van der Waals surface area contributed by atoms with Crippen molar-refractivity contribution in [2.24, 2.45) is 11.3 Å². The van der Waals surface area contributed by atoms with Crippen molar-refractivity contribution in [3.05, 3.63) is 29.8 Å². The van der Waals surface area contributed by atoms with Crippen LogP contribution in [0.15, 0.2) is 24.3 Å². The highest BCUT2D eigenvalue weighted by Crippen LogP contribution is 2.36. The van der Waals surface area contributed by atoms with Crippen molar-refractivity contribution in [2.75, 3.05) is 24.6 Å². The van der Waals surface area contributed by atoms with Crippen LogP contribution in [0.5, 0.6) is 0 Å². The van der Waals surface area contributed by atoms with E-state index >= 15 is 0 Å². The molecule has 1 aliphatic heterocycles. The zero-order valence-corrected chi connectivity index (χ0v) is 11.1. The SMILES string of the molecule is Cc1ccc(N2CCC(CO)C(C)(C)C2)cc1. The molecule has 94 valence electrons. The van der Waals surface area contributed by atoms with E-state index in [4.69, 9.17) is 0 Å². The van der Waals surface area contributed by atoms with Crippen molar-refractivity contribution >= 4 is 5.69 Å². The second kappa shape index (κ2) is 4.69. The molecule has 0 bridgehead atoms. The van der Waals surface area contributed by atoms with Crippen molar-refractivity contribution in [1.82, 2.24) is 0 Å². The van der Waals surface area contributed by atoms with Gasteiger partial charge in [0.05, 0.1) is 0 Å². The molecule has 1 heterocycles. The summed E-state index contributed by atoms with van der Waals surface area (Å²) in [6.45, 7) is 9.03. The number of hydrogen-bond donors (Lipinski definition) is 1. The molecule has 0 amide bonds. The molecule has 1 N–H and O–H groups in total. The van der Waals surface area contributed by atoms with E-state index in [1.165, 1.54) is 11.3 Å². The first-order valence-electron chi connectivity index (χ1n) is 6.45. The van der Waals surface area contributed by atoms with Gasteiger partial charge in [0.15, 0.2) is 0 Å². The third-order valence-electron chi connectivity index (χ3n) is 4.07. The quantitative estimate of drug-likeness (QED) is 0.849. The van der Waals surface area contributed by atoms with Gasteiger partial charge in [0.1, 0.15) is 0 Å². The largest absolute Gasteiger partial charge is 0.396 e. The first kappa shape index (κ1) is 12.4. The maximum absolute atomic E-state index is 9.40. The topological polar surface area (TPSA) is 23.5 Å². The summed E-state index contributed by atoms with van der Waals surface area (Å²) in [4.78, 5) is 2.44. The Balaban J connectivity index is 2.12. The first-order chi connectivity index (χ1) is 8.03. The highest BCUT2D eigenvalue weighted by Gasteiger charge is 2.35. The summed E-state index contributed by atoms with van der Waals surface area (Å²) in [5.74, 6) is 0.434. The van der Waals surface area contributed by atoms with Crippen molar-refractivity contribution in [1.29, 1.82) is 0 Å². The van der Waals surface area contributed by atoms with Crippen LogP contribution in [0.2, 0.25) is 0 Å². The van der Waals surface area contributed by atoms with Gasteiger partial charge in [0.25, 0.3) is 0 Å². The van der Waals surface area contributed by atoms with Crippen LogP contribution in [0.3, 0.4) is 0 Å². The summed E-state index contributed by atoms with van der Waals surface area (Å²) in [6, 6.07) is 8.73. The lowest BCUT2D eigenvalue weighted by Crippen LogP contribution is -2.47. The molecule has 0 aliphatic carbocycles. The van der Waals surface area contributed by atoms with E-state index < -0.39 is 0 Å². The van der Waals surface area contributed by atoms with Crippen LogP contribution in [0, 0.1) is 18.3 Å². The van der Waals surface area contributed by atoms with Crippen LogP contribution in [0.4, 0.5) is 5.69 Å². The van der Waals surface area contributed by atoms with Crippen LogP contribution in [0.25, 0.3) is 0 Å². The Kier molecular flexibility index (Phi) is 3.43. The molecule has 1 fully saturated rings. The van der Waals surface area contributed by atoms with E-state index in [0.29, 0.717) is 12.5 Å². The molecule has 0 spiro atoms. The lowest BCUT2D eigenvalue weighted by molar-refractivity contribution is 0.0973. The molecule has 1 unspecified atom stereocenters. The minimum absolute atomic E-state index is 0.192. The van der Waals surface area contributed by atoms with Crippen LogP contribution >= 0.6 is 0 Å². The molecule has 2 rings (SSSR count). The Morgan fingerprint density at radius 2 is 1.94 bits per heavy atom. The van der Waals surface area contributed by atoms with E-state index in [2.05, 4.69) is 49.9 Å². The normalized spacial score (nSPS) is 23.8. The molecule has 17 heavy (non-hydrogen) atoms. The minimum Gasteiger partial charge on any atom is -0.396 e. The summed E-state index contributed by atoms with van der Waals surface area (Å²) < 4.78 is 0. The highest BCUT2D eigenvalue weighted by atomic mass is 16.3. The van der Waals surface area contributed by atoms with Gasteiger partial charge in [-0.3, -0.25) is 0 Å². The fourth-order valence-corrected chi connectivity index (χ4v) is 2.72. The van der Waals surface area contributed by atoms with Gasteiger partial charge >= 0.3 is 0 Å². The smallest absolute Gasteiger partial charge is 0.0465 e. The molecule has 0 radical (unpaired) electrons. The van der Waals surface area contributed by atoms with E-state index in [1.807, 2.05) is 0 Å². The summed E-state index contributed by atoms with van der Waals surface area (Å²) in [7, 11) is 0. The van der Waals surface area contributed by atoms with E-state index in [-0.39, 0.29) is 5.41 Å². The van der Waals surface area contributed by atoms with Gasteiger partial charge in [-0.25, -0.2) is 0 Å². The molecule has 1 aromatic carbocycles. The molecule has 1 aromatic rings. The average molecular weight is 233 g/mol. The Morgan fingerprint density at radius 1 is 1.29 bits per heavy atom. The van der Waals surface area contributed by atoms with Crippen LogP contribution in [0.1, 0.15) is 25.8 Å². The second-order valence-electron chi connectivity index (χ2n) is 5.91. The van der Waals surface area contributed by atoms with Crippen molar-refractivity contribution in [2.45, 2.75) is 27.2 Å². The van der Waals surface area contributed by atoms with Gasteiger partial charge in [-0.15, -0.1) is 0 Å². The molecule has 1 saturated heterocycles. The second-order valence-corrected chi connectivity index (χ2v) is 5.91. The Morgan fingerprint density at radius 3 is 2.47 bits per heavy atom. The molecule has 2 heteroatoms. The summed E-state index contributed by atoms with van der Waals surface area (Å²) in [6.07, 6.45) is 1.08. The zero-order valence-electron chi connectivity index (χ0n) is 11.1. The fourth-order valence-electron chi connectivity index (χ4n) is 2.72. The molecule has 1 atom stereocenters. The Bertz CT molecular complexity index is 369. The number of benzene rings is 1. The summed E-state index contributed by atoms with van der Waals surface area (Å²) >= 11 is 0. The number of aliphatic hydroxyl groups is 1. The third-order valence-corrected chi connectivity index (χ3v) is 4.07. The monoisotopic (exact) mass is 233 g/mol. The zero-order chi connectivity index (χ0) is 12.5. The van der Waals surface area contributed by atoms with Gasteiger partial charge in [0.2, 0.25) is 0 Å². The van der Waals surface area contributed by atoms with E-state index in [9.17, 15) is 5.11 Å². The molecule has 2 nitrogen and oxygen atoms in total. The molecule has 1 aliphatic rings. The van der Waals surface area contributed by atoms with Crippen molar-refractivity contribution in [3.63, 3.8) is 0 Å². The first-order valence-corrected chi connectivity index (χ1v) is 6.45. The molecular formula is C15H23NO. The van der Waals surface area contributed by atoms with Crippen LogP contribution in [-0.4, -0.2) is 24.8 Å². The summed E-state index contributed by atoms with van der Waals surface area (Å²) in [5, 5.41) is 9.40. The fraction of sp³-hybridized carbons (Fsp3) is 0.600. The predicted molar refractivity (Wildman–Crippen MR) is 72.4 cm³/mol. The Labute approximate surface area is 104 Å². The van der Waals surface area contributed by atoms with E-state index in [0.717, 1.165) is 19.5 Å². The number of nitrogens with zero attached hydrogens (tertiary/aromatic N) is 1. The van der Waals surface area contributed by atoms with Gasteiger partial charge in [-0.05, 0) is 36.8 Å². The van der Waals surface area contributed by atoms with Gasteiger partial charge in [0, 0.05) is 25.4 Å². The standard InChI is InChI=1S/C15H23NO/c1-12-4-6-14(7-5-12)16-9-8-13(10-17)15(2,3)11-16/h4-7,13,17H,8-11H2,1-3H3. The Hall–Kier alpha value is -1.02. The number of rotatable bonds is 2. The maximum Gasteiger partial charge on any atom is 0.0465 e. The summed E-state index contributed by atoms with van der Waals surface area (Å²) in [5.41, 5.74) is 2.80. The number of aryl methyl sites for hydroxylation is 1. The van der Waals surface area contributed by atoms with Gasteiger partial charge in [-0.2, -0.15) is 0 Å². The number of piperidine rings is 1. The lowest BCUT2D eigenvalue weighted by atomic mass is 9.74. The number of aliphatic hydroxyl groups excluding tert-OH is 1. The predicted octanol–water partition coefficient (Wildman–Crippen LogP) is 2.84. The van der Waals surface area contributed by atoms with Crippen LogP contribution in [-0.2, 0) is 0 Å². The third kappa shape index (κ3) is 2.63. The van der Waals surface area contributed by atoms with Crippen molar-refractivity contribution < 1.29 is 5.11 Å². The maximum atomic E-state index is 9.40. The van der Waals surface area contributed by atoms with Gasteiger partial charge in [-0.1, -0.05) is 31.5 Å². The van der Waals surface area contributed by atoms with Crippen LogP contribution < -0.4 is 4.90 Å². The van der Waals surface area contributed by atoms with Crippen molar-refractivity contribution in [3.8, 4) is 0 Å². The number of anilines is 1. The number of hydrogen-bond acceptors (Lipinski definition) is 2. The highest BCUT2D eigenvalue weighted by molar-refractivity contribution is 5.48. The lowest BCUT2D eigenvalue weighted by Gasteiger charge is -2.44.